The molecule has 6 heteroatoms. The molecule has 1 aliphatic carbocycles. The molecule has 0 heterocycles. The third-order valence-electron chi connectivity index (χ3n) is 3.55. The Morgan fingerprint density at radius 2 is 2.15 bits per heavy atom. The Morgan fingerprint density at radius 1 is 1.45 bits per heavy atom. The molecule has 1 saturated carbocycles. The summed E-state index contributed by atoms with van der Waals surface area (Å²) in [5, 5.41) is 15.9. The summed E-state index contributed by atoms with van der Waals surface area (Å²) >= 11 is 6.14. The van der Waals surface area contributed by atoms with Crippen molar-refractivity contribution in [1.82, 2.24) is 5.32 Å². The van der Waals surface area contributed by atoms with E-state index in [9.17, 15) is 9.90 Å². The van der Waals surface area contributed by atoms with Gasteiger partial charge in [-0.2, -0.15) is 0 Å². The predicted molar refractivity (Wildman–Crippen MR) is 81.6 cm³/mol. The average molecular weight is 298 g/mol. The first-order valence-electron chi connectivity index (χ1n) is 6.64. The molecule has 0 atom stereocenters. The van der Waals surface area contributed by atoms with Gasteiger partial charge >= 0.3 is 6.03 Å². The van der Waals surface area contributed by atoms with Gasteiger partial charge in [-0.05, 0) is 37.5 Å². The number of amides is 2. The second kappa shape index (κ2) is 5.89. The number of benzene rings is 1. The fraction of sp³-hybridized carbons (Fsp3) is 0.500. The molecule has 110 valence electrons. The van der Waals surface area contributed by atoms with Crippen molar-refractivity contribution >= 4 is 29.0 Å². The van der Waals surface area contributed by atoms with E-state index >= 15 is 0 Å². The molecule has 1 aromatic carbocycles. The largest absolute Gasteiger partial charge is 0.388 e. The maximum Gasteiger partial charge on any atom is 0.319 e. The molecule has 1 aromatic rings. The number of nitrogens with one attached hydrogen (secondary N) is 2. The van der Waals surface area contributed by atoms with E-state index in [4.69, 9.17) is 11.6 Å². The Kier molecular flexibility index (Phi) is 4.40. The number of urea groups is 1. The second-order valence-electron chi connectivity index (χ2n) is 5.45. The first kappa shape index (κ1) is 14.9. The van der Waals surface area contributed by atoms with Crippen molar-refractivity contribution in [2.75, 3.05) is 30.9 Å². The number of nitrogens with zero attached hydrogens (tertiary/aromatic N) is 1. The number of anilines is 2. The summed E-state index contributed by atoms with van der Waals surface area (Å²) in [7, 11) is 3.81. The summed E-state index contributed by atoms with van der Waals surface area (Å²) in [6.07, 6.45) is 2.51. The zero-order valence-electron chi connectivity index (χ0n) is 11.7. The molecule has 0 unspecified atom stereocenters. The van der Waals surface area contributed by atoms with E-state index in [-0.39, 0.29) is 12.6 Å². The standard InChI is InChI=1S/C14H20ClN3O2/c1-18(2)12-5-4-10(8-11(12)15)17-13(19)16-9-14(20)6-3-7-14/h4-5,8,20H,3,6-7,9H2,1-2H3,(H2,16,17,19). The lowest BCUT2D eigenvalue weighted by molar-refractivity contribution is -0.0287. The summed E-state index contributed by atoms with van der Waals surface area (Å²) in [6.45, 7) is 0.280. The molecular formula is C14H20ClN3O2. The van der Waals surface area contributed by atoms with Gasteiger partial charge in [-0.1, -0.05) is 11.6 Å². The van der Waals surface area contributed by atoms with Crippen LogP contribution in [0, 0.1) is 0 Å². The van der Waals surface area contributed by atoms with Gasteiger partial charge in [0.1, 0.15) is 0 Å². The molecule has 0 bridgehead atoms. The quantitative estimate of drug-likeness (QED) is 0.800. The maximum absolute atomic E-state index is 11.7. The average Bonchev–Trinajstić information content (AvgIpc) is 2.33. The zero-order chi connectivity index (χ0) is 14.8. The molecule has 2 amide bonds. The van der Waals surface area contributed by atoms with Crippen LogP contribution in [-0.4, -0.2) is 37.4 Å². The lowest BCUT2D eigenvalue weighted by atomic mass is 9.80. The minimum atomic E-state index is -0.718. The Hall–Kier alpha value is -1.46. The van der Waals surface area contributed by atoms with E-state index in [0.717, 1.165) is 24.9 Å². The van der Waals surface area contributed by atoms with E-state index in [1.165, 1.54) is 0 Å². The monoisotopic (exact) mass is 297 g/mol. The minimum Gasteiger partial charge on any atom is -0.388 e. The number of aliphatic hydroxyl groups is 1. The fourth-order valence-electron chi connectivity index (χ4n) is 2.13. The van der Waals surface area contributed by atoms with E-state index in [2.05, 4.69) is 10.6 Å². The van der Waals surface area contributed by atoms with E-state index in [1.54, 1.807) is 12.1 Å². The van der Waals surface area contributed by atoms with Gasteiger partial charge in [0.2, 0.25) is 0 Å². The van der Waals surface area contributed by atoms with E-state index in [1.807, 2.05) is 25.1 Å². The number of hydrogen-bond donors (Lipinski definition) is 3. The summed E-state index contributed by atoms with van der Waals surface area (Å²) in [5.74, 6) is 0. The molecule has 0 radical (unpaired) electrons. The molecule has 3 N–H and O–H groups in total. The highest BCUT2D eigenvalue weighted by Gasteiger charge is 2.34. The van der Waals surface area contributed by atoms with E-state index in [0.29, 0.717) is 10.7 Å². The van der Waals surface area contributed by atoms with Crippen molar-refractivity contribution in [1.29, 1.82) is 0 Å². The van der Waals surface area contributed by atoms with Crippen LogP contribution in [0.25, 0.3) is 0 Å². The highest BCUT2D eigenvalue weighted by atomic mass is 35.5. The molecule has 0 aromatic heterocycles. The van der Waals surface area contributed by atoms with Crippen LogP contribution in [0.3, 0.4) is 0 Å². The molecule has 5 nitrogen and oxygen atoms in total. The van der Waals surface area contributed by atoms with Crippen LogP contribution in [0.5, 0.6) is 0 Å². The lowest BCUT2D eigenvalue weighted by Crippen LogP contribution is -2.48. The number of rotatable bonds is 4. The van der Waals surface area contributed by atoms with Gasteiger partial charge in [0.25, 0.3) is 0 Å². The Labute approximate surface area is 123 Å². The van der Waals surface area contributed by atoms with Gasteiger partial charge in [-0.3, -0.25) is 0 Å². The Morgan fingerprint density at radius 3 is 2.65 bits per heavy atom. The predicted octanol–water partition coefficient (Wildman–Crippen LogP) is 2.44. The van der Waals surface area contributed by atoms with Crippen LogP contribution in [0.2, 0.25) is 5.02 Å². The molecular weight excluding hydrogens is 278 g/mol. The molecule has 0 saturated heterocycles. The van der Waals surface area contributed by atoms with Crippen LogP contribution < -0.4 is 15.5 Å². The smallest absolute Gasteiger partial charge is 0.319 e. The number of carbonyl (C=O) groups excluding carboxylic acids is 1. The summed E-state index contributed by atoms with van der Waals surface area (Å²) in [6, 6.07) is 5.00. The Bertz CT molecular complexity index is 501. The van der Waals surface area contributed by atoms with E-state index < -0.39 is 5.60 Å². The summed E-state index contributed by atoms with van der Waals surface area (Å²) < 4.78 is 0. The Balaban J connectivity index is 1.89. The lowest BCUT2D eigenvalue weighted by Gasteiger charge is -2.36. The normalized spacial score (nSPS) is 16.2. The van der Waals surface area contributed by atoms with Gasteiger partial charge in [-0.25, -0.2) is 4.79 Å². The van der Waals surface area contributed by atoms with Crippen molar-refractivity contribution in [2.45, 2.75) is 24.9 Å². The highest BCUT2D eigenvalue weighted by Crippen LogP contribution is 2.30. The molecule has 2 rings (SSSR count). The van der Waals surface area contributed by atoms with Gasteiger partial charge in [0, 0.05) is 26.3 Å². The third kappa shape index (κ3) is 3.55. The zero-order valence-corrected chi connectivity index (χ0v) is 12.5. The summed E-state index contributed by atoms with van der Waals surface area (Å²) in [5.41, 5.74) is 0.795. The van der Waals surface area contributed by atoms with Gasteiger partial charge in [0.05, 0.1) is 16.3 Å². The van der Waals surface area contributed by atoms with Crippen LogP contribution in [-0.2, 0) is 0 Å². The van der Waals surface area contributed by atoms with Crippen molar-refractivity contribution in [2.24, 2.45) is 0 Å². The molecule has 0 aliphatic heterocycles. The van der Waals surface area contributed by atoms with Crippen molar-refractivity contribution in [3.8, 4) is 0 Å². The van der Waals surface area contributed by atoms with Crippen molar-refractivity contribution < 1.29 is 9.90 Å². The van der Waals surface area contributed by atoms with Crippen LogP contribution >= 0.6 is 11.6 Å². The number of carbonyl (C=O) groups is 1. The molecule has 1 aliphatic rings. The highest BCUT2D eigenvalue weighted by molar-refractivity contribution is 6.33. The SMILES string of the molecule is CN(C)c1ccc(NC(=O)NCC2(O)CCC2)cc1Cl. The van der Waals surface area contributed by atoms with Gasteiger partial charge < -0.3 is 20.6 Å². The third-order valence-corrected chi connectivity index (χ3v) is 3.85. The van der Waals surface area contributed by atoms with Crippen LogP contribution in [0.15, 0.2) is 18.2 Å². The first-order valence-corrected chi connectivity index (χ1v) is 7.01. The van der Waals surface area contributed by atoms with Crippen molar-refractivity contribution in [3.05, 3.63) is 23.2 Å². The summed E-state index contributed by atoms with van der Waals surface area (Å²) in [4.78, 5) is 13.6. The molecule has 0 spiro atoms. The van der Waals surface area contributed by atoms with Crippen LogP contribution in [0.4, 0.5) is 16.2 Å². The fourth-order valence-corrected chi connectivity index (χ4v) is 2.48. The number of hydrogen-bond acceptors (Lipinski definition) is 3. The number of halogens is 1. The topological polar surface area (TPSA) is 64.6 Å². The van der Waals surface area contributed by atoms with Crippen LogP contribution in [0.1, 0.15) is 19.3 Å². The van der Waals surface area contributed by atoms with Crippen molar-refractivity contribution in [3.63, 3.8) is 0 Å². The van der Waals surface area contributed by atoms with Gasteiger partial charge in [-0.15, -0.1) is 0 Å². The molecule has 20 heavy (non-hydrogen) atoms. The maximum atomic E-state index is 11.7. The van der Waals surface area contributed by atoms with Gasteiger partial charge in [0.15, 0.2) is 0 Å². The minimum absolute atomic E-state index is 0.280. The second-order valence-corrected chi connectivity index (χ2v) is 5.85. The first-order chi connectivity index (χ1) is 9.39. The molecule has 1 fully saturated rings.